The van der Waals surface area contributed by atoms with Crippen LogP contribution in [-0.4, -0.2) is 36.5 Å². The summed E-state index contributed by atoms with van der Waals surface area (Å²) in [7, 11) is 0. The van der Waals surface area contributed by atoms with Crippen LogP contribution in [0, 0.1) is 25.7 Å². The van der Waals surface area contributed by atoms with Gasteiger partial charge in [-0.1, -0.05) is 19.9 Å². The first-order valence-corrected chi connectivity index (χ1v) is 8.77. The van der Waals surface area contributed by atoms with E-state index in [2.05, 4.69) is 17.6 Å². The molecule has 1 aromatic carbocycles. The monoisotopic (exact) mass is 331 g/mol. The Bertz CT molecular complexity index is 598. The molecule has 0 bridgehead atoms. The van der Waals surface area contributed by atoms with Gasteiger partial charge in [0.25, 0.3) is 0 Å². The van der Waals surface area contributed by atoms with Crippen molar-refractivity contribution < 1.29 is 9.59 Å². The lowest BCUT2D eigenvalue weighted by Crippen LogP contribution is -2.45. The molecule has 1 aliphatic rings. The van der Waals surface area contributed by atoms with E-state index in [1.807, 2.05) is 43.9 Å². The Morgan fingerprint density at radius 3 is 2.67 bits per heavy atom. The number of nitrogens with zero attached hydrogens (tertiary/aromatic N) is 1. The molecule has 0 aliphatic carbocycles. The number of aryl methyl sites for hydroxylation is 2. The Kier molecular flexibility index (Phi) is 6.23. The highest BCUT2D eigenvalue weighted by molar-refractivity contribution is 5.89. The second kappa shape index (κ2) is 8.18. The molecule has 1 unspecified atom stereocenters. The van der Waals surface area contributed by atoms with Gasteiger partial charge in [0, 0.05) is 31.2 Å². The third kappa shape index (κ3) is 4.98. The Morgan fingerprint density at radius 2 is 2.00 bits per heavy atom. The van der Waals surface area contributed by atoms with Crippen molar-refractivity contribution in [1.82, 2.24) is 10.2 Å². The van der Waals surface area contributed by atoms with Crippen molar-refractivity contribution in [2.24, 2.45) is 11.8 Å². The number of urea groups is 1. The van der Waals surface area contributed by atoms with E-state index >= 15 is 0 Å². The highest BCUT2D eigenvalue weighted by Gasteiger charge is 2.24. The zero-order valence-electron chi connectivity index (χ0n) is 15.2. The molecule has 132 valence electrons. The topological polar surface area (TPSA) is 61.4 Å². The van der Waals surface area contributed by atoms with E-state index in [9.17, 15) is 9.59 Å². The zero-order chi connectivity index (χ0) is 17.7. The molecule has 5 heteroatoms. The van der Waals surface area contributed by atoms with Crippen molar-refractivity contribution in [1.29, 1.82) is 0 Å². The predicted octanol–water partition coefficient (Wildman–Crippen LogP) is 3.32. The van der Waals surface area contributed by atoms with Crippen molar-refractivity contribution in [3.8, 4) is 0 Å². The van der Waals surface area contributed by atoms with Gasteiger partial charge in [-0.2, -0.15) is 0 Å². The Labute approximate surface area is 144 Å². The molecule has 0 spiro atoms. The van der Waals surface area contributed by atoms with Crippen molar-refractivity contribution >= 4 is 17.6 Å². The smallest absolute Gasteiger partial charge is 0.321 e. The van der Waals surface area contributed by atoms with Gasteiger partial charge in [0.15, 0.2) is 0 Å². The van der Waals surface area contributed by atoms with Crippen LogP contribution in [0.25, 0.3) is 0 Å². The molecule has 2 rings (SSSR count). The molecule has 1 saturated heterocycles. The summed E-state index contributed by atoms with van der Waals surface area (Å²) in [6.07, 6.45) is 2.02. The first kappa shape index (κ1) is 18.3. The number of likely N-dealkylation sites (tertiary alicyclic amines) is 1. The second-order valence-electron chi connectivity index (χ2n) is 7.08. The molecule has 1 aromatic rings. The molecule has 1 fully saturated rings. The third-order valence-electron chi connectivity index (χ3n) is 4.65. The van der Waals surface area contributed by atoms with E-state index in [1.54, 1.807) is 0 Å². The maximum absolute atomic E-state index is 12.5. The average molecular weight is 331 g/mol. The molecule has 1 aliphatic heterocycles. The van der Waals surface area contributed by atoms with Crippen LogP contribution in [0.15, 0.2) is 18.2 Å². The number of nitrogens with one attached hydrogen (secondary N) is 2. The normalized spacial score (nSPS) is 17.7. The SMILES string of the molecule is Cc1ccc(NC(=O)N2CCCC(CNC(=O)C(C)C)C2)cc1C. The second-order valence-corrected chi connectivity index (χ2v) is 7.08. The third-order valence-corrected chi connectivity index (χ3v) is 4.65. The largest absolute Gasteiger partial charge is 0.356 e. The van der Waals surface area contributed by atoms with Crippen molar-refractivity contribution in [2.75, 3.05) is 25.0 Å². The average Bonchev–Trinajstić information content (AvgIpc) is 2.56. The number of hydrogen-bond donors (Lipinski definition) is 2. The fourth-order valence-corrected chi connectivity index (χ4v) is 2.89. The van der Waals surface area contributed by atoms with Crippen LogP contribution in [0.4, 0.5) is 10.5 Å². The standard InChI is InChI=1S/C19H29N3O2/c1-13(2)18(23)20-11-16-6-5-9-22(12-16)19(24)21-17-8-7-14(3)15(4)10-17/h7-8,10,13,16H,5-6,9,11-12H2,1-4H3,(H,20,23)(H,21,24). The molecule has 3 amide bonds. The summed E-state index contributed by atoms with van der Waals surface area (Å²) in [5, 5.41) is 5.96. The Balaban J connectivity index is 1.87. The number of carbonyl (C=O) groups excluding carboxylic acids is 2. The molecule has 1 atom stereocenters. The molecular weight excluding hydrogens is 302 g/mol. The summed E-state index contributed by atoms with van der Waals surface area (Å²) in [5.41, 5.74) is 3.21. The molecule has 5 nitrogen and oxygen atoms in total. The van der Waals surface area contributed by atoms with Crippen LogP contribution in [0.2, 0.25) is 0 Å². The molecule has 0 aromatic heterocycles. The molecule has 0 saturated carbocycles. The van der Waals surface area contributed by atoms with Crippen molar-refractivity contribution in [3.63, 3.8) is 0 Å². The first-order chi connectivity index (χ1) is 11.4. The van der Waals surface area contributed by atoms with Crippen LogP contribution >= 0.6 is 0 Å². The number of piperidine rings is 1. The summed E-state index contributed by atoms with van der Waals surface area (Å²) in [6, 6.07) is 5.89. The van der Waals surface area contributed by atoms with Crippen LogP contribution in [0.5, 0.6) is 0 Å². The number of hydrogen-bond acceptors (Lipinski definition) is 2. The van der Waals surface area contributed by atoms with E-state index in [1.165, 1.54) is 11.1 Å². The summed E-state index contributed by atoms with van der Waals surface area (Å²) < 4.78 is 0. The highest BCUT2D eigenvalue weighted by Crippen LogP contribution is 2.19. The first-order valence-electron chi connectivity index (χ1n) is 8.77. The lowest BCUT2D eigenvalue weighted by atomic mass is 9.98. The minimum absolute atomic E-state index is 0.00207. The fourth-order valence-electron chi connectivity index (χ4n) is 2.89. The van der Waals surface area contributed by atoms with E-state index in [-0.39, 0.29) is 17.9 Å². The van der Waals surface area contributed by atoms with E-state index in [0.717, 1.165) is 25.1 Å². The lowest BCUT2D eigenvalue weighted by molar-refractivity contribution is -0.124. The van der Waals surface area contributed by atoms with Gasteiger partial charge in [-0.3, -0.25) is 4.79 Å². The summed E-state index contributed by atoms with van der Waals surface area (Å²) in [6.45, 7) is 9.98. The minimum atomic E-state index is -0.0573. The maximum atomic E-state index is 12.5. The molecular formula is C19H29N3O2. The lowest BCUT2D eigenvalue weighted by Gasteiger charge is -2.33. The molecule has 2 N–H and O–H groups in total. The predicted molar refractivity (Wildman–Crippen MR) is 97.1 cm³/mol. The quantitative estimate of drug-likeness (QED) is 0.889. The summed E-state index contributed by atoms with van der Waals surface area (Å²) in [5.74, 6) is 0.399. The maximum Gasteiger partial charge on any atom is 0.321 e. The van der Waals surface area contributed by atoms with Gasteiger partial charge < -0.3 is 15.5 Å². The Hall–Kier alpha value is -2.04. The fraction of sp³-hybridized carbons (Fsp3) is 0.579. The van der Waals surface area contributed by atoms with Gasteiger partial charge in [0.1, 0.15) is 0 Å². The van der Waals surface area contributed by atoms with Crippen LogP contribution in [0.3, 0.4) is 0 Å². The summed E-state index contributed by atoms with van der Waals surface area (Å²) in [4.78, 5) is 26.0. The van der Waals surface area contributed by atoms with Gasteiger partial charge in [-0.05, 0) is 55.9 Å². The van der Waals surface area contributed by atoms with Crippen LogP contribution in [-0.2, 0) is 4.79 Å². The zero-order valence-corrected chi connectivity index (χ0v) is 15.2. The van der Waals surface area contributed by atoms with Gasteiger partial charge in [-0.15, -0.1) is 0 Å². The number of amides is 3. The van der Waals surface area contributed by atoms with Gasteiger partial charge >= 0.3 is 6.03 Å². The highest BCUT2D eigenvalue weighted by atomic mass is 16.2. The Morgan fingerprint density at radius 1 is 1.25 bits per heavy atom. The summed E-state index contributed by atoms with van der Waals surface area (Å²) >= 11 is 0. The van der Waals surface area contributed by atoms with Crippen molar-refractivity contribution in [3.05, 3.63) is 29.3 Å². The van der Waals surface area contributed by atoms with E-state index in [0.29, 0.717) is 19.0 Å². The van der Waals surface area contributed by atoms with E-state index < -0.39 is 0 Å². The van der Waals surface area contributed by atoms with Crippen molar-refractivity contribution in [2.45, 2.75) is 40.5 Å². The molecule has 1 heterocycles. The van der Waals surface area contributed by atoms with Crippen LogP contribution in [0.1, 0.15) is 37.8 Å². The van der Waals surface area contributed by atoms with Gasteiger partial charge in [0.2, 0.25) is 5.91 Å². The van der Waals surface area contributed by atoms with Crippen LogP contribution < -0.4 is 10.6 Å². The van der Waals surface area contributed by atoms with Gasteiger partial charge in [-0.25, -0.2) is 4.79 Å². The number of carbonyl (C=O) groups is 2. The molecule has 0 radical (unpaired) electrons. The number of benzene rings is 1. The number of anilines is 1. The van der Waals surface area contributed by atoms with E-state index in [4.69, 9.17) is 0 Å². The minimum Gasteiger partial charge on any atom is -0.356 e. The molecule has 24 heavy (non-hydrogen) atoms. The number of rotatable bonds is 4. The van der Waals surface area contributed by atoms with Gasteiger partial charge in [0.05, 0.1) is 0 Å².